The molecule has 5 heteroatoms. The lowest BCUT2D eigenvalue weighted by molar-refractivity contribution is 0.171. The molecule has 1 aromatic heterocycles. The zero-order valence-corrected chi connectivity index (χ0v) is 12.8. The van der Waals surface area contributed by atoms with Crippen LogP contribution in [-0.2, 0) is 0 Å². The largest absolute Gasteiger partial charge is 0.486 e. The van der Waals surface area contributed by atoms with Crippen LogP contribution in [0, 0.1) is 5.82 Å². The number of nitrogens with zero attached hydrogens (tertiary/aromatic N) is 1. The van der Waals surface area contributed by atoms with E-state index in [-0.39, 0.29) is 5.82 Å². The fourth-order valence-corrected chi connectivity index (χ4v) is 2.59. The van der Waals surface area contributed by atoms with Crippen molar-refractivity contribution in [1.29, 1.82) is 0 Å². The summed E-state index contributed by atoms with van der Waals surface area (Å²) in [5.74, 6) is 1.93. The van der Waals surface area contributed by atoms with Gasteiger partial charge in [-0.2, -0.15) is 0 Å². The number of ether oxygens (including phenoxy) is 2. The Labute approximate surface area is 138 Å². The minimum Gasteiger partial charge on any atom is -0.486 e. The monoisotopic (exact) mass is 322 g/mol. The molecular weight excluding hydrogens is 307 g/mol. The molecule has 0 spiro atoms. The number of hydrogen-bond donors (Lipinski definition) is 1. The summed E-state index contributed by atoms with van der Waals surface area (Å²) in [7, 11) is 0. The Balaban J connectivity index is 1.59. The summed E-state index contributed by atoms with van der Waals surface area (Å²) in [6.07, 6.45) is 1.72. The minimum absolute atomic E-state index is 0.248. The lowest BCUT2D eigenvalue weighted by atomic mass is 10.1. The van der Waals surface area contributed by atoms with Crippen molar-refractivity contribution < 1.29 is 13.9 Å². The van der Waals surface area contributed by atoms with E-state index in [0.29, 0.717) is 19.0 Å². The van der Waals surface area contributed by atoms with E-state index >= 15 is 0 Å². The molecule has 0 atom stereocenters. The Morgan fingerprint density at radius 3 is 2.46 bits per heavy atom. The number of hydrogen-bond acceptors (Lipinski definition) is 4. The second kappa shape index (κ2) is 6.20. The van der Waals surface area contributed by atoms with Crippen LogP contribution in [-0.4, -0.2) is 18.2 Å². The lowest BCUT2D eigenvalue weighted by Gasteiger charge is -2.19. The number of aromatic nitrogens is 1. The summed E-state index contributed by atoms with van der Waals surface area (Å²) >= 11 is 0. The van der Waals surface area contributed by atoms with Gasteiger partial charge in [0.05, 0.1) is 0 Å². The van der Waals surface area contributed by atoms with Gasteiger partial charge in [0.1, 0.15) is 24.8 Å². The molecule has 1 aliphatic heterocycles. The van der Waals surface area contributed by atoms with Crippen LogP contribution in [0.2, 0.25) is 0 Å². The molecule has 1 aliphatic rings. The van der Waals surface area contributed by atoms with Crippen LogP contribution in [0.4, 0.5) is 15.9 Å². The average Bonchev–Trinajstić information content (AvgIpc) is 2.62. The standard InChI is InChI=1S/C19H15FN2O2/c20-15-3-1-13(2-4-15)14-7-8-21-19(11-14)22-16-5-6-17-18(12-16)24-10-9-23-17/h1-8,11-12H,9-10H2,(H,21,22). The maximum atomic E-state index is 13.1. The highest BCUT2D eigenvalue weighted by molar-refractivity contribution is 5.69. The van der Waals surface area contributed by atoms with Crippen molar-refractivity contribution in [2.75, 3.05) is 18.5 Å². The Morgan fingerprint density at radius 2 is 1.62 bits per heavy atom. The Morgan fingerprint density at radius 1 is 0.833 bits per heavy atom. The van der Waals surface area contributed by atoms with E-state index in [0.717, 1.165) is 28.3 Å². The van der Waals surface area contributed by atoms with Gasteiger partial charge in [0.15, 0.2) is 11.5 Å². The summed E-state index contributed by atoms with van der Waals surface area (Å²) in [6, 6.07) is 15.9. The highest BCUT2D eigenvalue weighted by Crippen LogP contribution is 2.33. The van der Waals surface area contributed by atoms with Crippen molar-refractivity contribution in [3.8, 4) is 22.6 Å². The zero-order chi connectivity index (χ0) is 16.4. The van der Waals surface area contributed by atoms with Crippen molar-refractivity contribution in [2.24, 2.45) is 0 Å². The summed E-state index contributed by atoms with van der Waals surface area (Å²) in [5.41, 5.74) is 2.76. The molecule has 2 aromatic carbocycles. The van der Waals surface area contributed by atoms with Gasteiger partial charge in [-0.1, -0.05) is 12.1 Å². The van der Waals surface area contributed by atoms with E-state index in [1.165, 1.54) is 12.1 Å². The molecule has 3 aromatic rings. The van der Waals surface area contributed by atoms with Gasteiger partial charge < -0.3 is 14.8 Å². The molecule has 0 bridgehead atoms. The topological polar surface area (TPSA) is 43.4 Å². The van der Waals surface area contributed by atoms with E-state index in [1.807, 2.05) is 30.3 Å². The smallest absolute Gasteiger partial charge is 0.163 e. The fourth-order valence-electron chi connectivity index (χ4n) is 2.59. The van der Waals surface area contributed by atoms with Crippen molar-refractivity contribution in [1.82, 2.24) is 4.98 Å². The second-order valence-electron chi connectivity index (χ2n) is 5.42. The van der Waals surface area contributed by atoms with Crippen LogP contribution < -0.4 is 14.8 Å². The highest BCUT2D eigenvalue weighted by atomic mass is 19.1. The van der Waals surface area contributed by atoms with Crippen molar-refractivity contribution >= 4 is 11.5 Å². The molecule has 4 nitrogen and oxygen atoms in total. The van der Waals surface area contributed by atoms with Crippen molar-refractivity contribution in [3.05, 3.63) is 66.6 Å². The van der Waals surface area contributed by atoms with Gasteiger partial charge in [-0.15, -0.1) is 0 Å². The lowest BCUT2D eigenvalue weighted by Crippen LogP contribution is -2.15. The van der Waals surface area contributed by atoms with Gasteiger partial charge in [-0.05, 0) is 47.5 Å². The Hall–Kier alpha value is -3.08. The normalized spacial score (nSPS) is 12.7. The first-order valence-electron chi connectivity index (χ1n) is 7.67. The van der Waals surface area contributed by atoms with Gasteiger partial charge in [0, 0.05) is 18.0 Å². The van der Waals surface area contributed by atoms with Crippen LogP contribution in [0.25, 0.3) is 11.1 Å². The van der Waals surface area contributed by atoms with Gasteiger partial charge in [0.2, 0.25) is 0 Å². The number of benzene rings is 2. The number of anilines is 2. The molecule has 0 saturated carbocycles. The molecule has 1 N–H and O–H groups in total. The summed E-state index contributed by atoms with van der Waals surface area (Å²) < 4.78 is 24.2. The van der Waals surface area contributed by atoms with Gasteiger partial charge in [0.25, 0.3) is 0 Å². The Bertz CT molecular complexity index is 865. The first-order chi connectivity index (χ1) is 11.8. The number of nitrogens with one attached hydrogen (secondary N) is 1. The molecule has 0 radical (unpaired) electrons. The Kier molecular flexibility index (Phi) is 3.75. The molecule has 0 unspecified atom stereocenters. The number of fused-ring (bicyclic) bond motifs is 1. The van der Waals surface area contributed by atoms with E-state index in [9.17, 15) is 4.39 Å². The second-order valence-corrected chi connectivity index (χ2v) is 5.42. The fraction of sp³-hybridized carbons (Fsp3) is 0.105. The average molecular weight is 322 g/mol. The summed E-state index contributed by atoms with van der Waals surface area (Å²) in [4.78, 5) is 4.33. The molecule has 0 saturated heterocycles. The molecule has 24 heavy (non-hydrogen) atoms. The van der Waals surface area contributed by atoms with E-state index in [2.05, 4.69) is 10.3 Å². The van der Waals surface area contributed by atoms with E-state index in [4.69, 9.17) is 9.47 Å². The molecular formula is C19H15FN2O2. The van der Waals surface area contributed by atoms with Crippen molar-refractivity contribution in [2.45, 2.75) is 0 Å². The number of pyridine rings is 1. The molecule has 0 amide bonds. The van der Waals surface area contributed by atoms with Crippen molar-refractivity contribution in [3.63, 3.8) is 0 Å². The molecule has 0 fully saturated rings. The van der Waals surface area contributed by atoms with Crippen LogP contribution in [0.15, 0.2) is 60.8 Å². The minimum atomic E-state index is -0.248. The van der Waals surface area contributed by atoms with Gasteiger partial charge in [-0.25, -0.2) is 9.37 Å². The van der Waals surface area contributed by atoms with E-state index in [1.54, 1.807) is 18.3 Å². The first kappa shape index (κ1) is 14.5. The predicted octanol–water partition coefficient (Wildman–Crippen LogP) is 4.40. The molecule has 4 rings (SSSR count). The molecule has 0 aliphatic carbocycles. The van der Waals surface area contributed by atoms with Crippen LogP contribution >= 0.6 is 0 Å². The van der Waals surface area contributed by atoms with Crippen LogP contribution in [0.1, 0.15) is 0 Å². The quantitative estimate of drug-likeness (QED) is 0.776. The summed E-state index contributed by atoms with van der Waals surface area (Å²) in [5, 5.41) is 3.25. The zero-order valence-electron chi connectivity index (χ0n) is 12.8. The number of rotatable bonds is 3. The third kappa shape index (κ3) is 3.01. The van der Waals surface area contributed by atoms with Crippen LogP contribution in [0.3, 0.4) is 0 Å². The maximum Gasteiger partial charge on any atom is 0.163 e. The van der Waals surface area contributed by atoms with Crippen LogP contribution in [0.5, 0.6) is 11.5 Å². The third-order valence-corrected chi connectivity index (χ3v) is 3.75. The molecule has 120 valence electrons. The maximum absolute atomic E-state index is 13.1. The summed E-state index contributed by atoms with van der Waals surface area (Å²) in [6.45, 7) is 1.12. The third-order valence-electron chi connectivity index (χ3n) is 3.75. The van der Waals surface area contributed by atoms with Gasteiger partial charge >= 0.3 is 0 Å². The molecule has 2 heterocycles. The highest BCUT2D eigenvalue weighted by Gasteiger charge is 2.12. The first-order valence-corrected chi connectivity index (χ1v) is 7.67. The predicted molar refractivity (Wildman–Crippen MR) is 90.3 cm³/mol. The van der Waals surface area contributed by atoms with Gasteiger partial charge in [-0.3, -0.25) is 0 Å². The number of halogens is 1. The van der Waals surface area contributed by atoms with E-state index < -0.39 is 0 Å². The SMILES string of the molecule is Fc1ccc(-c2ccnc(Nc3ccc4c(c3)OCCO4)c2)cc1.